The third kappa shape index (κ3) is 63.4. The van der Waals surface area contributed by atoms with Crippen LogP contribution in [0.5, 0.6) is 17.2 Å². The predicted molar refractivity (Wildman–Crippen MR) is 245 cm³/mol. The second kappa shape index (κ2) is 62.3. The summed E-state index contributed by atoms with van der Waals surface area (Å²) in [6.07, 6.45) is -0.347. The summed E-state index contributed by atoms with van der Waals surface area (Å²) in [7, 11) is 0. The van der Waals surface area contributed by atoms with Crippen LogP contribution in [-0.4, -0.2) is 126 Å². The fourth-order valence-corrected chi connectivity index (χ4v) is 4.27. The topological polar surface area (TPSA) is 214 Å². The maximum Gasteiger partial charge on any atom is 1.00 e. The third-order valence-electron chi connectivity index (χ3n) is 6.63. The number of rotatable bonds is 17. The number of carboxylic acids is 1. The van der Waals surface area contributed by atoms with Crippen molar-refractivity contribution >= 4 is 40.2 Å². The van der Waals surface area contributed by atoms with Crippen molar-refractivity contribution < 1.29 is 208 Å². The first-order valence-corrected chi connectivity index (χ1v) is 21.3. The van der Waals surface area contributed by atoms with Crippen LogP contribution in [0, 0.1) is 0 Å². The van der Waals surface area contributed by atoms with E-state index in [9.17, 15) is 9.59 Å². The molecule has 0 aliphatic carbocycles. The summed E-state index contributed by atoms with van der Waals surface area (Å²) in [5, 5.41) is 33.9. The largest absolute Gasteiger partial charge is 1.00 e. The fraction of sp³-hybridized carbons (Fsp3) is 0.511. The van der Waals surface area contributed by atoms with Crippen molar-refractivity contribution in [1.82, 2.24) is 9.80 Å². The minimum absolute atomic E-state index is 0. The predicted octanol–water partition coefficient (Wildman–Crippen LogP) is 1.42. The van der Waals surface area contributed by atoms with Crippen LogP contribution in [-0.2, 0) is 43.0 Å². The molecule has 64 heavy (non-hydrogen) atoms. The van der Waals surface area contributed by atoms with Crippen molar-refractivity contribution in [2.75, 3.05) is 64.5 Å². The van der Waals surface area contributed by atoms with Crippen molar-refractivity contribution in [2.45, 2.75) is 88.7 Å². The number of hydrogen-bond donors (Lipinski definition) is 3. The molecule has 0 atom stereocenters. The van der Waals surface area contributed by atoms with E-state index in [2.05, 4.69) is 20.8 Å². The van der Waals surface area contributed by atoms with Crippen LogP contribution < -0.4 is 148 Å². The molecule has 3 aromatic rings. The molecule has 358 valence electrons. The van der Waals surface area contributed by atoms with Crippen LogP contribution in [0.2, 0.25) is 0 Å². The number of ether oxygens (including phenoxy) is 5. The van der Waals surface area contributed by atoms with E-state index in [4.69, 9.17) is 53.9 Å². The Morgan fingerprint density at radius 2 is 0.875 bits per heavy atom. The Kier molecular flexibility index (Phi) is 75.5. The molecule has 0 heterocycles. The molecule has 0 spiro atoms. The van der Waals surface area contributed by atoms with E-state index in [0.717, 1.165) is 44.2 Å². The van der Waals surface area contributed by atoms with Gasteiger partial charge in [0.15, 0.2) is 12.6 Å². The minimum atomic E-state index is -0.833. The number of halogens is 1. The number of carbonyl (C=O) groups is 4. The van der Waals surface area contributed by atoms with Crippen LogP contribution >= 0.6 is 15.9 Å². The van der Waals surface area contributed by atoms with Crippen molar-refractivity contribution in [1.29, 1.82) is 0 Å². The quantitative estimate of drug-likeness (QED) is 0.0574. The van der Waals surface area contributed by atoms with Gasteiger partial charge in [-0.05, 0) is 91.8 Å². The van der Waals surface area contributed by atoms with E-state index < -0.39 is 5.97 Å². The van der Waals surface area contributed by atoms with Gasteiger partial charge in [0.25, 0.3) is 12.4 Å². The number of phenols is 2. The van der Waals surface area contributed by atoms with Gasteiger partial charge in [0.05, 0.1) is 5.33 Å². The third-order valence-corrected chi connectivity index (χ3v) is 7.16. The first-order chi connectivity index (χ1) is 29.6. The zero-order chi connectivity index (χ0) is 48.4. The molecule has 3 aromatic carbocycles. The Balaban J connectivity index is -0.0000000977. The van der Waals surface area contributed by atoms with Crippen LogP contribution in [0.25, 0.3) is 0 Å². The van der Waals surface area contributed by atoms with E-state index in [0.29, 0.717) is 44.5 Å². The molecule has 19 heteroatoms. The van der Waals surface area contributed by atoms with Gasteiger partial charge in [-0.25, -0.2) is 0 Å². The Morgan fingerprint density at radius 3 is 1.05 bits per heavy atom. The number of aromatic hydroxyl groups is 2. The summed E-state index contributed by atoms with van der Waals surface area (Å²) in [6, 6.07) is 27.1. The average Bonchev–Trinajstić information content (AvgIpc) is 3.25. The van der Waals surface area contributed by atoms with Crippen LogP contribution in [0.4, 0.5) is 0 Å². The number of nitrogens with zero attached hydrogens (tertiary/aromatic N) is 2. The van der Waals surface area contributed by atoms with Gasteiger partial charge in [0.2, 0.25) is 11.8 Å². The monoisotopic (exact) mass is 1210 g/mol. The van der Waals surface area contributed by atoms with E-state index in [1.165, 1.54) is 0 Å². The maximum absolute atomic E-state index is 10.5. The molecule has 0 saturated heterocycles. The fourth-order valence-electron chi connectivity index (χ4n) is 3.90. The number of benzene rings is 3. The number of carboxylic acid groups (broad SMARTS) is 1. The molecule has 2 amide bonds. The first kappa shape index (κ1) is 77.5. The summed E-state index contributed by atoms with van der Waals surface area (Å²) in [5.41, 5.74) is 0. The van der Waals surface area contributed by atoms with Gasteiger partial charge in [-0.3, -0.25) is 19.2 Å². The van der Waals surface area contributed by atoms with Gasteiger partial charge in [-0.1, -0.05) is 70.5 Å². The summed E-state index contributed by atoms with van der Waals surface area (Å²) in [5.74, 6) is 0.969. The van der Waals surface area contributed by atoms with Crippen LogP contribution in [0.15, 0.2) is 91.0 Å². The van der Waals surface area contributed by atoms with E-state index in [1.54, 1.807) is 72.2 Å². The summed E-state index contributed by atoms with van der Waals surface area (Å²) >= 11 is 3.27. The normalized spacial score (nSPS) is 8.80. The number of para-hydroxylation sites is 3. The smallest absolute Gasteiger partial charge is 1.00 e. The van der Waals surface area contributed by atoms with Gasteiger partial charge in [0, 0.05) is 73.4 Å². The molecule has 0 unspecified atom stereocenters. The van der Waals surface area contributed by atoms with E-state index in [1.807, 2.05) is 97.9 Å². The number of aliphatic carboxylic acids is 1. The standard InChI is InChI=1S/C12H18O3.C6H13BrO2.2C6H13NO.2C6H6O.C2H4O2.CH2O3.2Cs.H/c1-3-13-12(14-4-2)10-15-11-8-6-5-7-9-11;1-3-8-6(5-7)9-4-2;2*1-4-7(5-2)6(3)8;2*7-6-4-2-1-3-5-6;1-2(3)4;2-1-4-3;;;/h5-9,12H,3-4,10H2,1-2H3;6H,3-5H2,1-2H3;2*4-5H2,1-3H3;2*1-5,7H;1H3,(H,3,4);1,3H;;;/q;;;;;;;;2*+1;-1/p-1. The van der Waals surface area contributed by atoms with E-state index >= 15 is 0 Å². The SMILES string of the molecule is CC(=O)O.CCN(CC)C(C)=O.CCN(CC)C(C)=O.CCOC(CBr)OCC.CCOC(COc1ccccc1)OCC.O=CO[O-].Oc1ccccc1.Oc1ccccc1.[Cs+].[Cs+].[H-]. The van der Waals surface area contributed by atoms with Crippen molar-refractivity contribution in [3.8, 4) is 17.2 Å². The second-order valence-electron chi connectivity index (χ2n) is 11.2. The van der Waals surface area contributed by atoms with Crippen molar-refractivity contribution in [3.05, 3.63) is 91.0 Å². The summed E-state index contributed by atoms with van der Waals surface area (Å²) in [6.45, 7) is 26.2. The molecule has 0 saturated carbocycles. The number of carbonyl (C=O) groups excluding carboxylic acids is 3. The van der Waals surface area contributed by atoms with Gasteiger partial charge in [-0.2, -0.15) is 0 Å². The van der Waals surface area contributed by atoms with Crippen molar-refractivity contribution in [2.24, 2.45) is 0 Å². The van der Waals surface area contributed by atoms with Crippen LogP contribution in [0.1, 0.15) is 77.6 Å². The molecular weight excluding hydrogens is 1140 g/mol. The molecule has 0 fully saturated rings. The van der Waals surface area contributed by atoms with Crippen LogP contribution in [0.3, 0.4) is 0 Å². The van der Waals surface area contributed by atoms with Crippen molar-refractivity contribution in [3.63, 3.8) is 0 Å². The molecular formula is C45H75BrCs2N2O14. The second-order valence-corrected chi connectivity index (χ2v) is 11.9. The van der Waals surface area contributed by atoms with Gasteiger partial charge in [0.1, 0.15) is 23.9 Å². The average molecular weight is 1210 g/mol. The summed E-state index contributed by atoms with van der Waals surface area (Å²) in [4.78, 5) is 44.9. The molecule has 16 nitrogen and oxygen atoms in total. The minimum Gasteiger partial charge on any atom is -1.00 e. The molecule has 0 aliphatic heterocycles. The Hall–Kier alpha value is -0.676. The molecule has 0 aromatic heterocycles. The number of phenolic OH excluding ortho intramolecular Hbond substituents is 2. The maximum atomic E-state index is 10.5. The first-order valence-electron chi connectivity index (χ1n) is 20.2. The Morgan fingerprint density at radius 1 is 0.609 bits per heavy atom. The van der Waals surface area contributed by atoms with Gasteiger partial charge in [-0.15, -0.1) is 0 Å². The molecule has 3 N–H and O–H groups in total. The summed E-state index contributed by atoms with van der Waals surface area (Å²) < 4.78 is 26.6. The number of hydrogen-bond acceptors (Lipinski definition) is 13. The zero-order valence-electron chi connectivity index (χ0n) is 41.6. The molecule has 0 radical (unpaired) electrons. The van der Waals surface area contributed by atoms with Gasteiger partial charge >= 0.3 is 138 Å². The Bertz CT molecular complexity index is 1320. The Labute approximate surface area is 510 Å². The molecule has 0 aliphatic rings. The van der Waals surface area contributed by atoms with Gasteiger partial charge < -0.3 is 60.4 Å². The van der Waals surface area contributed by atoms with E-state index in [-0.39, 0.29) is 170 Å². The molecule has 0 bridgehead atoms. The zero-order valence-corrected chi connectivity index (χ0v) is 54.7. The molecule has 3 rings (SSSR count). The number of alkyl halides is 1. The number of amides is 2.